The van der Waals surface area contributed by atoms with Gasteiger partial charge >= 0.3 is 11.9 Å². The number of carbonyl (C=O) groups excluding carboxylic acids is 2. The zero-order valence-electron chi connectivity index (χ0n) is 29.5. The first-order valence-electron chi connectivity index (χ1n) is 16.1. The smallest absolute Gasteiger partial charge is 0.320 e. The van der Waals surface area contributed by atoms with E-state index in [-0.39, 0.29) is 57.4 Å². The fourth-order valence-corrected chi connectivity index (χ4v) is 7.57. The Balaban J connectivity index is 2.00. The lowest BCUT2D eigenvalue weighted by molar-refractivity contribution is -0.172. The lowest BCUT2D eigenvalue weighted by atomic mass is 9.77. The first-order chi connectivity index (χ1) is 19.2. The quantitative estimate of drug-likeness (QED) is 0.243. The predicted molar refractivity (Wildman–Crippen MR) is 174 cm³/mol. The molecule has 43 heavy (non-hydrogen) atoms. The summed E-state index contributed by atoms with van der Waals surface area (Å²) in [6.45, 7) is 29.2. The molecule has 0 unspecified atom stereocenters. The zero-order chi connectivity index (χ0) is 33.0. The molecule has 0 atom stereocenters. The summed E-state index contributed by atoms with van der Waals surface area (Å²) in [5, 5.41) is 18.5. The van der Waals surface area contributed by atoms with Crippen LogP contribution in [0.2, 0.25) is 0 Å². The summed E-state index contributed by atoms with van der Waals surface area (Å²) in [6, 6.07) is 3.87. The summed E-state index contributed by atoms with van der Waals surface area (Å²) in [6.07, 6.45) is 2.12. The summed E-state index contributed by atoms with van der Waals surface area (Å²) < 4.78 is 12.3. The molecule has 0 amide bonds. The second kappa shape index (κ2) is 11.7. The SMILES string of the molecule is CC1(C)CC(OC(=O)C(Cc2cc(C(C)(C)C)c(O)c(C(C)(C)C)c2)C(=O)OC2CC(C)(C)NC(C)(C)C2)CC(C)(C)N1. The molecule has 0 radical (unpaired) electrons. The fraction of sp³-hybridized carbons (Fsp3) is 0.778. The van der Waals surface area contributed by atoms with E-state index in [0.717, 1.165) is 16.7 Å². The van der Waals surface area contributed by atoms with E-state index in [9.17, 15) is 14.7 Å². The number of carbonyl (C=O) groups is 2. The van der Waals surface area contributed by atoms with E-state index >= 15 is 0 Å². The molecule has 3 N–H and O–H groups in total. The van der Waals surface area contributed by atoms with E-state index in [1.165, 1.54) is 0 Å². The molecule has 7 heteroatoms. The van der Waals surface area contributed by atoms with Crippen LogP contribution in [0, 0.1) is 5.92 Å². The zero-order valence-corrected chi connectivity index (χ0v) is 29.5. The van der Waals surface area contributed by atoms with Gasteiger partial charge in [0.15, 0.2) is 5.92 Å². The highest BCUT2D eigenvalue weighted by atomic mass is 16.6. The van der Waals surface area contributed by atoms with Gasteiger partial charge in [0.1, 0.15) is 18.0 Å². The minimum Gasteiger partial charge on any atom is -0.507 e. The molecule has 0 saturated carbocycles. The molecule has 7 nitrogen and oxygen atoms in total. The number of ether oxygens (including phenoxy) is 2. The van der Waals surface area contributed by atoms with Crippen LogP contribution < -0.4 is 10.6 Å². The number of piperidine rings is 2. The number of benzene rings is 1. The number of esters is 2. The summed E-state index contributed by atoms with van der Waals surface area (Å²) >= 11 is 0. The largest absolute Gasteiger partial charge is 0.507 e. The molecule has 1 aromatic rings. The Bertz CT molecular complexity index is 1080. The van der Waals surface area contributed by atoms with Crippen LogP contribution in [0.4, 0.5) is 0 Å². The highest BCUT2D eigenvalue weighted by molar-refractivity contribution is 5.95. The fourth-order valence-electron chi connectivity index (χ4n) is 7.57. The van der Waals surface area contributed by atoms with E-state index in [1.807, 2.05) is 12.1 Å². The molecule has 0 bridgehead atoms. The van der Waals surface area contributed by atoms with Crippen molar-refractivity contribution in [1.82, 2.24) is 10.6 Å². The van der Waals surface area contributed by atoms with Crippen LogP contribution in [0.3, 0.4) is 0 Å². The van der Waals surface area contributed by atoms with E-state index < -0.39 is 17.9 Å². The number of phenolic OH excluding ortho intramolecular Hbond substituents is 1. The maximum Gasteiger partial charge on any atom is 0.320 e. The maximum atomic E-state index is 14.0. The normalized spacial score (nSPS) is 22.3. The molecule has 2 fully saturated rings. The van der Waals surface area contributed by atoms with Gasteiger partial charge in [0, 0.05) is 47.8 Å². The van der Waals surface area contributed by atoms with Crippen LogP contribution in [-0.4, -0.2) is 51.4 Å². The average Bonchev–Trinajstić information content (AvgIpc) is 2.71. The van der Waals surface area contributed by atoms with Crippen molar-refractivity contribution >= 4 is 11.9 Å². The lowest BCUT2D eigenvalue weighted by Gasteiger charge is -2.46. The van der Waals surface area contributed by atoms with E-state index in [4.69, 9.17) is 9.47 Å². The van der Waals surface area contributed by atoms with Crippen molar-refractivity contribution in [3.63, 3.8) is 0 Å². The Morgan fingerprint density at radius 1 is 0.721 bits per heavy atom. The minimum atomic E-state index is -1.12. The maximum absolute atomic E-state index is 14.0. The van der Waals surface area contributed by atoms with Gasteiger partial charge in [0.2, 0.25) is 0 Å². The van der Waals surface area contributed by atoms with Crippen LogP contribution in [0.5, 0.6) is 5.75 Å². The van der Waals surface area contributed by atoms with Crippen LogP contribution in [0.15, 0.2) is 12.1 Å². The summed E-state index contributed by atoms with van der Waals surface area (Å²) in [5.41, 5.74) is 0.862. The summed E-state index contributed by atoms with van der Waals surface area (Å²) in [7, 11) is 0. The second-order valence-electron chi connectivity index (χ2n) is 18.0. The number of hydrogen-bond acceptors (Lipinski definition) is 7. The molecule has 2 aliphatic heterocycles. The van der Waals surface area contributed by atoms with Crippen LogP contribution >= 0.6 is 0 Å². The second-order valence-corrected chi connectivity index (χ2v) is 18.0. The summed E-state index contributed by atoms with van der Waals surface area (Å²) in [4.78, 5) is 28.0. The minimum absolute atomic E-state index is 0.139. The van der Waals surface area contributed by atoms with Crippen molar-refractivity contribution in [3.8, 4) is 5.75 Å². The number of rotatable bonds is 6. The molecule has 3 rings (SSSR count). The Hall–Kier alpha value is -2.12. The highest BCUT2D eigenvalue weighted by Gasteiger charge is 2.44. The number of nitrogens with one attached hydrogen (secondary N) is 2. The average molecular weight is 601 g/mol. The van der Waals surface area contributed by atoms with Gasteiger partial charge in [-0.05, 0) is 89.3 Å². The molecular weight excluding hydrogens is 540 g/mol. The first kappa shape index (κ1) is 35.4. The third-order valence-electron chi connectivity index (χ3n) is 8.67. The molecule has 2 saturated heterocycles. The van der Waals surface area contributed by atoms with Gasteiger partial charge in [-0.25, -0.2) is 0 Å². The molecule has 2 aliphatic rings. The first-order valence-corrected chi connectivity index (χ1v) is 16.1. The molecule has 0 aromatic heterocycles. The van der Waals surface area contributed by atoms with Gasteiger partial charge in [-0.1, -0.05) is 53.7 Å². The Kier molecular flexibility index (Phi) is 9.59. The Labute approximate surface area is 261 Å². The van der Waals surface area contributed by atoms with Gasteiger partial charge in [0.05, 0.1) is 0 Å². The van der Waals surface area contributed by atoms with Gasteiger partial charge in [0.25, 0.3) is 0 Å². The lowest BCUT2D eigenvalue weighted by Crippen LogP contribution is -2.60. The van der Waals surface area contributed by atoms with Crippen molar-refractivity contribution in [2.75, 3.05) is 0 Å². The van der Waals surface area contributed by atoms with Crippen molar-refractivity contribution in [3.05, 3.63) is 28.8 Å². The Morgan fingerprint density at radius 3 is 1.30 bits per heavy atom. The van der Waals surface area contributed by atoms with Crippen molar-refractivity contribution in [2.24, 2.45) is 5.92 Å². The van der Waals surface area contributed by atoms with Gasteiger partial charge < -0.3 is 25.2 Å². The van der Waals surface area contributed by atoms with E-state index in [2.05, 4.69) is 108 Å². The Morgan fingerprint density at radius 2 is 1.02 bits per heavy atom. The molecular formula is C36H60N2O5. The number of hydrogen-bond donors (Lipinski definition) is 3. The summed E-state index contributed by atoms with van der Waals surface area (Å²) in [5.74, 6) is -1.94. The molecule has 2 heterocycles. The molecule has 0 spiro atoms. The van der Waals surface area contributed by atoms with Gasteiger partial charge in [-0.2, -0.15) is 0 Å². The van der Waals surface area contributed by atoms with E-state index in [0.29, 0.717) is 25.7 Å². The third kappa shape index (κ3) is 9.43. The predicted octanol–water partition coefficient (Wildman–Crippen LogP) is 6.85. The number of phenols is 1. The van der Waals surface area contributed by atoms with Crippen LogP contribution in [-0.2, 0) is 36.3 Å². The topological polar surface area (TPSA) is 96.9 Å². The van der Waals surface area contributed by atoms with Crippen molar-refractivity contribution in [2.45, 2.75) is 174 Å². The van der Waals surface area contributed by atoms with Crippen molar-refractivity contribution < 1.29 is 24.2 Å². The highest BCUT2D eigenvalue weighted by Crippen LogP contribution is 2.41. The molecule has 0 aliphatic carbocycles. The standard InChI is InChI=1S/C36H60N2O5/c1-31(2,3)26-16-22(17-27(28(26)39)32(4,5)6)15-25(29(40)42-23-18-33(7,8)37-34(9,10)19-23)30(41)43-24-20-35(11,12)38-36(13,14)21-24/h16-17,23-25,37-39H,15,18-21H2,1-14H3. The van der Waals surface area contributed by atoms with Crippen molar-refractivity contribution in [1.29, 1.82) is 0 Å². The van der Waals surface area contributed by atoms with E-state index in [1.54, 1.807) is 0 Å². The number of aromatic hydroxyl groups is 1. The van der Waals surface area contributed by atoms with Crippen LogP contribution in [0.1, 0.15) is 139 Å². The molecule has 1 aromatic carbocycles. The van der Waals surface area contributed by atoms with Crippen LogP contribution in [0.25, 0.3) is 0 Å². The van der Waals surface area contributed by atoms with Gasteiger partial charge in [-0.15, -0.1) is 0 Å². The monoisotopic (exact) mass is 600 g/mol. The molecule has 244 valence electrons. The third-order valence-corrected chi connectivity index (χ3v) is 8.67. The van der Waals surface area contributed by atoms with Gasteiger partial charge in [-0.3, -0.25) is 9.59 Å².